The third kappa shape index (κ3) is 3.67. The van der Waals surface area contributed by atoms with Gasteiger partial charge in [0.2, 0.25) is 0 Å². The Labute approximate surface area is 85.5 Å². The predicted molar refractivity (Wildman–Crippen MR) is 56.3 cm³/mol. The molecule has 3 heteroatoms. The van der Waals surface area contributed by atoms with Gasteiger partial charge in [0, 0.05) is 26.1 Å². The third-order valence-corrected chi connectivity index (χ3v) is 2.79. The van der Waals surface area contributed by atoms with Gasteiger partial charge in [-0.15, -0.1) is 11.6 Å². The Morgan fingerprint density at radius 1 is 1.69 bits per heavy atom. The molecule has 1 fully saturated rings. The molecular formula is C10H18ClNO. The minimum Gasteiger partial charge on any atom is -0.384 e. The van der Waals surface area contributed by atoms with Gasteiger partial charge in [0.15, 0.2) is 0 Å². The molecule has 1 atom stereocenters. The maximum absolute atomic E-state index is 5.68. The fraction of sp³-hybridized carbons (Fsp3) is 0.800. The molecule has 0 bridgehead atoms. The van der Waals surface area contributed by atoms with Crippen LogP contribution in [-0.4, -0.2) is 44.1 Å². The van der Waals surface area contributed by atoms with Gasteiger partial charge in [-0.25, -0.2) is 0 Å². The average Bonchev–Trinajstić information content (AvgIpc) is 2.53. The zero-order chi connectivity index (χ0) is 9.68. The van der Waals surface area contributed by atoms with Gasteiger partial charge < -0.3 is 4.74 Å². The summed E-state index contributed by atoms with van der Waals surface area (Å²) in [5.74, 6) is 1.28. The van der Waals surface area contributed by atoms with Crippen LogP contribution in [0, 0.1) is 5.92 Å². The van der Waals surface area contributed by atoms with Crippen molar-refractivity contribution in [2.24, 2.45) is 5.92 Å². The molecule has 1 heterocycles. The van der Waals surface area contributed by atoms with E-state index in [1.54, 1.807) is 7.11 Å². The summed E-state index contributed by atoms with van der Waals surface area (Å²) >= 11 is 5.68. The molecule has 0 radical (unpaired) electrons. The van der Waals surface area contributed by atoms with E-state index in [0.29, 0.717) is 11.8 Å². The Kier molecular flexibility index (Phi) is 4.78. The van der Waals surface area contributed by atoms with Crippen LogP contribution in [0.25, 0.3) is 0 Å². The van der Waals surface area contributed by atoms with E-state index in [2.05, 4.69) is 11.5 Å². The average molecular weight is 204 g/mol. The molecular weight excluding hydrogens is 186 g/mol. The molecule has 0 aromatic rings. The first kappa shape index (κ1) is 11.0. The first-order valence-electron chi connectivity index (χ1n) is 4.70. The summed E-state index contributed by atoms with van der Waals surface area (Å²) in [6.07, 6.45) is 1.24. The first-order chi connectivity index (χ1) is 6.26. The summed E-state index contributed by atoms with van der Waals surface area (Å²) in [5.41, 5.74) is 1.11. The van der Waals surface area contributed by atoms with Crippen molar-refractivity contribution in [1.29, 1.82) is 0 Å². The lowest BCUT2D eigenvalue weighted by molar-refractivity contribution is 0.154. The number of halogens is 1. The number of hydrogen-bond acceptors (Lipinski definition) is 2. The molecule has 76 valence electrons. The van der Waals surface area contributed by atoms with Crippen LogP contribution in [0.15, 0.2) is 12.2 Å². The highest BCUT2D eigenvalue weighted by molar-refractivity contribution is 6.19. The molecule has 0 spiro atoms. The Bertz CT molecular complexity index is 172. The van der Waals surface area contributed by atoms with E-state index in [-0.39, 0.29) is 0 Å². The van der Waals surface area contributed by atoms with Crippen LogP contribution < -0.4 is 0 Å². The SMILES string of the molecule is C=C(CCl)CN1CCC(COC)C1. The number of alkyl halides is 1. The lowest BCUT2D eigenvalue weighted by Gasteiger charge is -2.16. The van der Waals surface area contributed by atoms with E-state index in [4.69, 9.17) is 16.3 Å². The minimum absolute atomic E-state index is 0.575. The smallest absolute Gasteiger partial charge is 0.0503 e. The van der Waals surface area contributed by atoms with Crippen LogP contribution in [0.3, 0.4) is 0 Å². The summed E-state index contributed by atoms with van der Waals surface area (Å²) in [5, 5.41) is 0. The van der Waals surface area contributed by atoms with E-state index in [9.17, 15) is 0 Å². The maximum atomic E-state index is 5.68. The highest BCUT2D eigenvalue weighted by Gasteiger charge is 2.21. The van der Waals surface area contributed by atoms with Gasteiger partial charge in [0.25, 0.3) is 0 Å². The zero-order valence-electron chi connectivity index (χ0n) is 8.26. The van der Waals surface area contributed by atoms with Gasteiger partial charge in [0.1, 0.15) is 0 Å². The topological polar surface area (TPSA) is 12.5 Å². The van der Waals surface area contributed by atoms with Crippen LogP contribution >= 0.6 is 11.6 Å². The van der Waals surface area contributed by atoms with Gasteiger partial charge in [-0.3, -0.25) is 4.90 Å². The van der Waals surface area contributed by atoms with Crippen LogP contribution in [0.4, 0.5) is 0 Å². The van der Waals surface area contributed by atoms with Crippen molar-refractivity contribution in [2.45, 2.75) is 6.42 Å². The molecule has 1 unspecified atom stereocenters. The Morgan fingerprint density at radius 2 is 2.46 bits per heavy atom. The molecule has 1 rings (SSSR count). The van der Waals surface area contributed by atoms with Gasteiger partial charge in [-0.1, -0.05) is 6.58 Å². The number of rotatable bonds is 5. The number of hydrogen-bond donors (Lipinski definition) is 0. The molecule has 0 amide bonds. The fourth-order valence-electron chi connectivity index (χ4n) is 1.79. The highest BCUT2D eigenvalue weighted by atomic mass is 35.5. The number of ether oxygens (including phenoxy) is 1. The molecule has 0 aliphatic carbocycles. The van der Waals surface area contributed by atoms with Crippen LogP contribution in [0.1, 0.15) is 6.42 Å². The van der Waals surface area contributed by atoms with E-state index >= 15 is 0 Å². The molecule has 1 aliphatic rings. The molecule has 1 aliphatic heterocycles. The Morgan fingerprint density at radius 3 is 3.08 bits per heavy atom. The molecule has 0 aromatic heterocycles. The van der Waals surface area contributed by atoms with E-state index in [0.717, 1.165) is 31.8 Å². The van der Waals surface area contributed by atoms with Crippen molar-refractivity contribution in [1.82, 2.24) is 4.90 Å². The zero-order valence-corrected chi connectivity index (χ0v) is 9.02. The molecule has 2 nitrogen and oxygen atoms in total. The first-order valence-corrected chi connectivity index (χ1v) is 5.23. The standard InChI is InChI=1S/C10H18ClNO/c1-9(5-11)6-12-4-3-10(7-12)8-13-2/h10H,1,3-8H2,2H3. The van der Waals surface area contributed by atoms with Crippen LogP contribution in [0.2, 0.25) is 0 Å². The minimum atomic E-state index is 0.575. The maximum Gasteiger partial charge on any atom is 0.0503 e. The lowest BCUT2D eigenvalue weighted by atomic mass is 10.1. The van der Waals surface area contributed by atoms with Gasteiger partial charge in [-0.05, 0) is 24.5 Å². The summed E-state index contributed by atoms with van der Waals surface area (Å²) in [7, 11) is 1.76. The van der Waals surface area contributed by atoms with Crippen molar-refractivity contribution in [3.63, 3.8) is 0 Å². The van der Waals surface area contributed by atoms with Crippen LogP contribution in [0.5, 0.6) is 0 Å². The molecule has 0 saturated carbocycles. The number of nitrogens with zero attached hydrogens (tertiary/aromatic N) is 1. The van der Waals surface area contributed by atoms with E-state index in [1.807, 2.05) is 0 Å². The molecule has 0 aromatic carbocycles. The summed E-state index contributed by atoms with van der Waals surface area (Å²) in [4.78, 5) is 2.40. The molecule has 1 saturated heterocycles. The second kappa shape index (κ2) is 5.63. The predicted octanol–water partition coefficient (Wildman–Crippen LogP) is 1.75. The second-order valence-corrected chi connectivity index (χ2v) is 4.00. The Hall–Kier alpha value is -0.0500. The van der Waals surface area contributed by atoms with E-state index < -0.39 is 0 Å². The van der Waals surface area contributed by atoms with Crippen molar-refractivity contribution < 1.29 is 4.74 Å². The van der Waals surface area contributed by atoms with Crippen molar-refractivity contribution in [3.05, 3.63) is 12.2 Å². The highest BCUT2D eigenvalue weighted by Crippen LogP contribution is 2.17. The molecule has 0 N–H and O–H groups in total. The number of methoxy groups -OCH3 is 1. The van der Waals surface area contributed by atoms with Gasteiger partial charge in [-0.2, -0.15) is 0 Å². The monoisotopic (exact) mass is 203 g/mol. The summed E-state index contributed by atoms with van der Waals surface area (Å²) < 4.78 is 5.13. The Balaban J connectivity index is 2.20. The quantitative estimate of drug-likeness (QED) is 0.499. The fourth-order valence-corrected chi connectivity index (χ4v) is 1.87. The van der Waals surface area contributed by atoms with Crippen LogP contribution in [-0.2, 0) is 4.74 Å². The van der Waals surface area contributed by atoms with Crippen molar-refractivity contribution in [2.75, 3.05) is 39.2 Å². The van der Waals surface area contributed by atoms with Gasteiger partial charge >= 0.3 is 0 Å². The molecule has 13 heavy (non-hydrogen) atoms. The van der Waals surface area contributed by atoms with E-state index in [1.165, 1.54) is 6.42 Å². The normalized spacial score (nSPS) is 23.7. The summed E-state index contributed by atoms with van der Waals surface area (Å²) in [6, 6.07) is 0. The summed E-state index contributed by atoms with van der Waals surface area (Å²) in [6.45, 7) is 8.02. The van der Waals surface area contributed by atoms with Crippen molar-refractivity contribution >= 4 is 11.6 Å². The second-order valence-electron chi connectivity index (χ2n) is 3.73. The largest absolute Gasteiger partial charge is 0.384 e. The lowest BCUT2D eigenvalue weighted by Crippen LogP contribution is -2.24. The van der Waals surface area contributed by atoms with Crippen molar-refractivity contribution in [3.8, 4) is 0 Å². The van der Waals surface area contributed by atoms with Gasteiger partial charge in [0.05, 0.1) is 6.61 Å². The number of likely N-dealkylation sites (tertiary alicyclic amines) is 1. The third-order valence-electron chi connectivity index (χ3n) is 2.41.